The molecule has 1 aromatic heterocycles. The summed E-state index contributed by atoms with van der Waals surface area (Å²) in [5.74, 6) is -0.111. The Hall–Kier alpha value is -3.28. The molecule has 1 N–H and O–H groups in total. The summed E-state index contributed by atoms with van der Waals surface area (Å²) >= 11 is 0. The van der Waals surface area contributed by atoms with E-state index in [-0.39, 0.29) is 17.2 Å². The van der Waals surface area contributed by atoms with Gasteiger partial charge in [0.15, 0.2) is 5.78 Å². The van der Waals surface area contributed by atoms with Gasteiger partial charge in [-0.2, -0.15) is 0 Å². The van der Waals surface area contributed by atoms with Crippen molar-refractivity contribution in [2.45, 2.75) is 39.2 Å². The molecule has 3 rings (SSSR count). The summed E-state index contributed by atoms with van der Waals surface area (Å²) < 4.78 is 1.62. The van der Waals surface area contributed by atoms with Gasteiger partial charge < -0.3 is 5.32 Å². The van der Waals surface area contributed by atoms with E-state index in [9.17, 15) is 14.4 Å². The number of nitrogens with zero attached hydrogens (tertiary/aromatic N) is 2. The molecule has 1 amide bonds. The van der Waals surface area contributed by atoms with Crippen molar-refractivity contribution in [2.24, 2.45) is 0 Å². The molecular formula is C22H23N3O3. The fraction of sp³-hybridized carbons (Fsp3) is 0.273. The van der Waals surface area contributed by atoms with E-state index in [1.165, 1.54) is 6.92 Å². The van der Waals surface area contributed by atoms with Gasteiger partial charge in [0.25, 0.3) is 5.56 Å². The molecule has 28 heavy (non-hydrogen) atoms. The highest BCUT2D eigenvalue weighted by atomic mass is 16.1. The van der Waals surface area contributed by atoms with Crippen molar-refractivity contribution in [3.63, 3.8) is 0 Å². The molecule has 1 heterocycles. The maximum Gasteiger partial charge on any atom is 0.261 e. The fourth-order valence-electron chi connectivity index (χ4n) is 3.05. The number of aromatic nitrogens is 2. The third kappa shape index (κ3) is 4.91. The van der Waals surface area contributed by atoms with Crippen LogP contribution in [0.3, 0.4) is 0 Å². The fourth-order valence-corrected chi connectivity index (χ4v) is 3.05. The Bertz CT molecular complexity index is 1060. The highest BCUT2D eigenvalue weighted by Crippen LogP contribution is 2.12. The van der Waals surface area contributed by atoms with E-state index in [1.54, 1.807) is 41.2 Å². The lowest BCUT2D eigenvalue weighted by atomic mass is 10.1. The van der Waals surface area contributed by atoms with Gasteiger partial charge in [-0.1, -0.05) is 30.7 Å². The SMILES string of the molecule is CC(=O)c1cccc(NC(=O)CCCCCn2cnc3ccccc3c2=O)c1. The van der Waals surface area contributed by atoms with Crippen LogP contribution in [0, 0.1) is 0 Å². The second-order valence-corrected chi connectivity index (χ2v) is 6.76. The lowest BCUT2D eigenvalue weighted by Gasteiger charge is -2.08. The summed E-state index contributed by atoms with van der Waals surface area (Å²) in [5.41, 5.74) is 1.88. The molecule has 0 radical (unpaired) electrons. The van der Waals surface area contributed by atoms with E-state index in [0.717, 1.165) is 19.3 Å². The van der Waals surface area contributed by atoms with Gasteiger partial charge in [-0.15, -0.1) is 0 Å². The van der Waals surface area contributed by atoms with Gasteiger partial charge >= 0.3 is 0 Å². The van der Waals surface area contributed by atoms with Crippen molar-refractivity contribution in [1.29, 1.82) is 0 Å². The van der Waals surface area contributed by atoms with E-state index in [1.807, 2.05) is 18.2 Å². The minimum Gasteiger partial charge on any atom is -0.326 e. The molecule has 0 spiro atoms. The molecule has 3 aromatic rings. The van der Waals surface area contributed by atoms with E-state index >= 15 is 0 Å². The Kier molecular flexibility index (Phi) is 6.32. The van der Waals surface area contributed by atoms with Gasteiger partial charge in [0, 0.05) is 24.2 Å². The number of aryl methyl sites for hydroxylation is 1. The molecule has 0 aliphatic rings. The molecule has 144 valence electrons. The summed E-state index contributed by atoms with van der Waals surface area (Å²) in [5, 5.41) is 3.44. The predicted molar refractivity (Wildman–Crippen MR) is 110 cm³/mol. The van der Waals surface area contributed by atoms with Crippen LogP contribution in [-0.2, 0) is 11.3 Å². The van der Waals surface area contributed by atoms with Gasteiger partial charge in [0.2, 0.25) is 5.91 Å². The first kappa shape index (κ1) is 19.5. The smallest absolute Gasteiger partial charge is 0.261 e. The quantitative estimate of drug-likeness (QED) is 0.478. The number of amides is 1. The Morgan fingerprint density at radius 3 is 2.68 bits per heavy atom. The maximum absolute atomic E-state index is 12.4. The van der Waals surface area contributed by atoms with Crippen molar-refractivity contribution >= 4 is 28.3 Å². The zero-order chi connectivity index (χ0) is 19.9. The average molecular weight is 377 g/mol. The molecule has 6 nitrogen and oxygen atoms in total. The number of nitrogens with one attached hydrogen (secondary N) is 1. The van der Waals surface area contributed by atoms with E-state index in [4.69, 9.17) is 0 Å². The zero-order valence-electron chi connectivity index (χ0n) is 15.9. The highest BCUT2D eigenvalue weighted by Gasteiger charge is 2.06. The minimum atomic E-state index is -0.0785. The van der Waals surface area contributed by atoms with Crippen molar-refractivity contribution in [1.82, 2.24) is 9.55 Å². The summed E-state index contributed by atoms with van der Waals surface area (Å²) in [4.78, 5) is 40.2. The number of benzene rings is 2. The van der Waals surface area contributed by atoms with Crippen LogP contribution in [0.1, 0.15) is 43.0 Å². The summed E-state index contributed by atoms with van der Waals surface area (Å²) in [7, 11) is 0. The second kappa shape index (κ2) is 9.08. The molecule has 0 saturated heterocycles. The van der Waals surface area contributed by atoms with E-state index < -0.39 is 0 Å². The molecule has 6 heteroatoms. The third-order valence-electron chi connectivity index (χ3n) is 4.59. The first-order valence-corrected chi connectivity index (χ1v) is 9.39. The molecule has 0 aliphatic carbocycles. The van der Waals surface area contributed by atoms with Crippen molar-refractivity contribution in [3.8, 4) is 0 Å². The van der Waals surface area contributed by atoms with Crippen LogP contribution in [-0.4, -0.2) is 21.2 Å². The summed E-state index contributed by atoms with van der Waals surface area (Å²) in [6.45, 7) is 2.08. The van der Waals surface area contributed by atoms with Crippen LogP contribution in [0.4, 0.5) is 5.69 Å². The molecule has 0 unspecified atom stereocenters. The molecular weight excluding hydrogens is 354 g/mol. The monoisotopic (exact) mass is 377 g/mol. The lowest BCUT2D eigenvalue weighted by molar-refractivity contribution is -0.116. The van der Waals surface area contributed by atoms with Crippen LogP contribution in [0.5, 0.6) is 0 Å². The van der Waals surface area contributed by atoms with Gasteiger partial charge in [0.05, 0.1) is 17.2 Å². The van der Waals surface area contributed by atoms with Crippen LogP contribution < -0.4 is 10.9 Å². The molecule has 0 fully saturated rings. The topological polar surface area (TPSA) is 81.1 Å². The van der Waals surface area contributed by atoms with Gasteiger partial charge in [0.1, 0.15) is 0 Å². The van der Waals surface area contributed by atoms with Gasteiger partial charge in [-0.3, -0.25) is 19.0 Å². The van der Waals surface area contributed by atoms with Crippen LogP contribution in [0.25, 0.3) is 10.9 Å². The zero-order valence-corrected chi connectivity index (χ0v) is 15.9. The average Bonchev–Trinajstić information content (AvgIpc) is 2.69. The van der Waals surface area contributed by atoms with Crippen molar-refractivity contribution in [3.05, 3.63) is 70.8 Å². The minimum absolute atomic E-state index is 0.0329. The number of ketones is 1. The first-order valence-electron chi connectivity index (χ1n) is 9.39. The molecule has 0 aliphatic heterocycles. The first-order chi connectivity index (χ1) is 13.5. The number of carbonyl (C=O) groups excluding carboxylic acids is 2. The predicted octanol–water partition coefficient (Wildman–Crippen LogP) is 3.80. The molecule has 2 aromatic carbocycles. The van der Waals surface area contributed by atoms with Gasteiger partial charge in [-0.25, -0.2) is 4.98 Å². The number of fused-ring (bicyclic) bond motifs is 1. The summed E-state index contributed by atoms with van der Waals surface area (Å²) in [6.07, 6.45) is 4.34. The standard InChI is InChI=1S/C22H23N3O3/c1-16(26)17-8-7-9-18(14-17)24-21(27)12-3-2-6-13-25-15-23-20-11-5-4-10-19(20)22(25)28/h4-5,7-11,14-15H,2-3,6,12-13H2,1H3,(H,24,27). The van der Waals surface area contributed by atoms with E-state index in [2.05, 4.69) is 10.3 Å². The number of unbranched alkanes of at least 4 members (excludes halogenated alkanes) is 2. The highest BCUT2D eigenvalue weighted by molar-refractivity contribution is 5.97. The van der Waals surface area contributed by atoms with Crippen molar-refractivity contribution in [2.75, 3.05) is 5.32 Å². The van der Waals surface area contributed by atoms with Gasteiger partial charge in [-0.05, 0) is 44.0 Å². The number of carbonyl (C=O) groups is 2. The van der Waals surface area contributed by atoms with E-state index in [0.29, 0.717) is 35.1 Å². The molecule has 0 atom stereocenters. The Labute approximate surface area is 163 Å². The largest absolute Gasteiger partial charge is 0.326 e. The number of para-hydroxylation sites is 1. The Morgan fingerprint density at radius 1 is 1.04 bits per heavy atom. The number of hydrogen-bond acceptors (Lipinski definition) is 4. The number of Topliss-reactive ketones (excluding diaryl/α,β-unsaturated/α-hetero) is 1. The number of anilines is 1. The lowest BCUT2D eigenvalue weighted by Crippen LogP contribution is -2.20. The Balaban J connectivity index is 1.44. The number of rotatable bonds is 8. The normalized spacial score (nSPS) is 10.8. The van der Waals surface area contributed by atoms with Crippen LogP contribution in [0.15, 0.2) is 59.7 Å². The Morgan fingerprint density at radius 2 is 1.86 bits per heavy atom. The van der Waals surface area contributed by atoms with Crippen LogP contribution >= 0.6 is 0 Å². The molecule has 0 bridgehead atoms. The number of hydrogen-bond donors (Lipinski definition) is 1. The van der Waals surface area contributed by atoms with Crippen LogP contribution in [0.2, 0.25) is 0 Å². The summed E-state index contributed by atoms with van der Waals surface area (Å²) in [6, 6.07) is 14.2. The second-order valence-electron chi connectivity index (χ2n) is 6.76. The van der Waals surface area contributed by atoms with Crippen molar-refractivity contribution < 1.29 is 9.59 Å². The molecule has 0 saturated carbocycles. The maximum atomic E-state index is 12.4. The third-order valence-corrected chi connectivity index (χ3v) is 4.59.